The number of rotatable bonds is 5. The average Bonchev–Trinajstić information content (AvgIpc) is 4.04. The fraction of sp³-hybridized carbons (Fsp3) is 0.102. The molecular weight excluding hydrogens is 769 g/mol. The first-order chi connectivity index (χ1) is 30.7. The van der Waals surface area contributed by atoms with Crippen LogP contribution >= 0.6 is 0 Å². The van der Waals surface area contributed by atoms with Gasteiger partial charge >= 0.3 is 0 Å². The summed E-state index contributed by atoms with van der Waals surface area (Å²) in [6.07, 6.45) is 0. The topological polar surface area (TPSA) is 42.4 Å². The van der Waals surface area contributed by atoms with Gasteiger partial charge in [-0.1, -0.05) is 149 Å². The van der Waals surface area contributed by atoms with Crippen LogP contribution in [0.4, 0.5) is 17.1 Å². The summed E-state index contributed by atoms with van der Waals surface area (Å²) >= 11 is 0. The molecule has 0 amide bonds. The van der Waals surface area contributed by atoms with Gasteiger partial charge in [-0.15, -0.1) is 0 Å². The minimum Gasteiger partial charge on any atom is -0.456 e. The van der Waals surface area contributed by atoms with Gasteiger partial charge in [0.25, 0.3) is 0 Å². The minimum atomic E-state index is -0.158. The Labute approximate surface area is 365 Å². The van der Waals surface area contributed by atoms with Crippen LogP contribution in [0.5, 0.6) is 0 Å². The number of benzene rings is 9. The molecule has 9 aromatic carbocycles. The molecule has 300 valence electrons. The van der Waals surface area contributed by atoms with Crippen LogP contribution in [-0.2, 0) is 10.8 Å². The van der Waals surface area contributed by atoms with Gasteiger partial charge in [-0.3, -0.25) is 0 Å². The van der Waals surface area contributed by atoms with Gasteiger partial charge in [0, 0.05) is 50.0 Å². The van der Waals surface area contributed by atoms with E-state index in [1.165, 1.54) is 44.5 Å². The lowest BCUT2D eigenvalue weighted by atomic mass is 9.82. The van der Waals surface area contributed by atoms with Crippen LogP contribution in [0.1, 0.15) is 49.9 Å². The van der Waals surface area contributed by atoms with E-state index in [2.05, 4.69) is 178 Å². The van der Waals surface area contributed by atoms with Crippen LogP contribution < -0.4 is 4.90 Å². The first kappa shape index (κ1) is 36.0. The molecule has 0 bridgehead atoms. The van der Waals surface area contributed by atoms with E-state index >= 15 is 0 Å². The molecule has 4 nitrogen and oxygen atoms in total. The van der Waals surface area contributed by atoms with Crippen molar-refractivity contribution in [3.05, 3.63) is 204 Å². The molecule has 4 heteroatoms. The number of fused-ring (bicyclic) bond motifs is 12. The van der Waals surface area contributed by atoms with Crippen molar-refractivity contribution < 1.29 is 8.83 Å². The molecule has 0 aliphatic heterocycles. The number of nitrogens with zero attached hydrogens (tertiary/aromatic N) is 2. The third kappa shape index (κ3) is 5.12. The molecule has 0 fully saturated rings. The molecule has 63 heavy (non-hydrogen) atoms. The molecule has 0 radical (unpaired) electrons. The van der Waals surface area contributed by atoms with Gasteiger partial charge in [-0.25, -0.2) is 4.98 Å². The second-order valence-corrected chi connectivity index (χ2v) is 18.3. The molecule has 2 aliphatic carbocycles. The largest absolute Gasteiger partial charge is 0.456 e. The number of aromatic nitrogens is 1. The molecule has 0 unspecified atom stereocenters. The maximum atomic E-state index is 6.97. The normalized spacial score (nSPS) is 14.3. The van der Waals surface area contributed by atoms with Gasteiger partial charge in [-0.05, 0) is 116 Å². The average molecular weight is 811 g/mol. The lowest BCUT2D eigenvalue weighted by molar-refractivity contribution is 0.620. The Kier molecular flexibility index (Phi) is 7.38. The highest BCUT2D eigenvalue weighted by molar-refractivity contribution is 6.25. The Morgan fingerprint density at radius 1 is 0.397 bits per heavy atom. The van der Waals surface area contributed by atoms with Crippen molar-refractivity contribution in [1.82, 2.24) is 4.98 Å². The van der Waals surface area contributed by atoms with E-state index < -0.39 is 0 Å². The maximum Gasteiger partial charge on any atom is 0.227 e. The van der Waals surface area contributed by atoms with Crippen LogP contribution in [0.2, 0.25) is 0 Å². The highest BCUT2D eigenvalue weighted by Gasteiger charge is 2.38. The summed E-state index contributed by atoms with van der Waals surface area (Å²) < 4.78 is 13.2. The van der Waals surface area contributed by atoms with Crippen LogP contribution in [-0.4, -0.2) is 4.98 Å². The van der Waals surface area contributed by atoms with Crippen LogP contribution in [0.3, 0.4) is 0 Å². The Balaban J connectivity index is 1.04. The third-order valence-corrected chi connectivity index (χ3v) is 14.1. The first-order valence-electron chi connectivity index (χ1n) is 21.9. The van der Waals surface area contributed by atoms with Crippen LogP contribution in [0.15, 0.2) is 191 Å². The predicted octanol–water partition coefficient (Wildman–Crippen LogP) is 16.3. The predicted molar refractivity (Wildman–Crippen MR) is 259 cm³/mol. The Morgan fingerprint density at radius 2 is 0.984 bits per heavy atom. The summed E-state index contributed by atoms with van der Waals surface area (Å²) in [5.41, 5.74) is 20.0. The molecular formula is C59H42N2O2. The lowest BCUT2D eigenvalue weighted by Crippen LogP contribution is -2.18. The van der Waals surface area contributed by atoms with E-state index in [4.69, 9.17) is 13.8 Å². The molecule has 2 aromatic heterocycles. The van der Waals surface area contributed by atoms with Crippen LogP contribution in [0, 0.1) is 0 Å². The monoisotopic (exact) mass is 810 g/mol. The van der Waals surface area contributed by atoms with E-state index in [1.54, 1.807) is 0 Å². The fourth-order valence-electron chi connectivity index (χ4n) is 11.0. The van der Waals surface area contributed by atoms with Crippen LogP contribution in [0.25, 0.3) is 88.6 Å². The Hall–Kier alpha value is -7.69. The lowest BCUT2D eigenvalue weighted by Gasteiger charge is -2.30. The summed E-state index contributed by atoms with van der Waals surface area (Å²) in [4.78, 5) is 7.40. The molecule has 13 rings (SSSR count). The first-order valence-corrected chi connectivity index (χ1v) is 21.9. The minimum absolute atomic E-state index is 0.158. The molecule has 0 atom stereocenters. The zero-order valence-corrected chi connectivity index (χ0v) is 35.5. The number of oxazole rings is 1. The highest BCUT2D eigenvalue weighted by atomic mass is 16.3. The SMILES string of the molecule is CC1(C)c2ccccc2-c2ccc(N(c3ccc4c(c3)C(C)(C)c3ccccc3-4)c3cc4oc5cccc(-c6ccc7oc(-c8ccccc8)nc7c6)c5c4c4ccccc34)cc21. The van der Waals surface area contributed by atoms with Crippen molar-refractivity contribution in [3.63, 3.8) is 0 Å². The smallest absolute Gasteiger partial charge is 0.227 e. The molecule has 11 aromatic rings. The number of hydrogen-bond donors (Lipinski definition) is 0. The van der Waals surface area contributed by atoms with Gasteiger partial charge < -0.3 is 13.7 Å². The van der Waals surface area contributed by atoms with Gasteiger partial charge in [0.1, 0.15) is 16.7 Å². The summed E-state index contributed by atoms with van der Waals surface area (Å²) in [5, 5.41) is 4.47. The van der Waals surface area contributed by atoms with Gasteiger partial charge in [0.15, 0.2) is 5.58 Å². The maximum absolute atomic E-state index is 6.97. The van der Waals surface area contributed by atoms with E-state index in [1.807, 2.05) is 36.4 Å². The zero-order valence-electron chi connectivity index (χ0n) is 35.5. The van der Waals surface area contributed by atoms with Crippen molar-refractivity contribution in [2.45, 2.75) is 38.5 Å². The van der Waals surface area contributed by atoms with Crippen molar-refractivity contribution in [1.29, 1.82) is 0 Å². The van der Waals surface area contributed by atoms with Crippen molar-refractivity contribution in [2.75, 3.05) is 4.90 Å². The molecule has 0 saturated heterocycles. The highest BCUT2D eigenvalue weighted by Crippen LogP contribution is 2.54. The second-order valence-electron chi connectivity index (χ2n) is 18.3. The standard InChI is InChI=1S/C59H42N2O2/c1-58(2)46-22-12-10-17-40(46)42-28-26-37(32-48(42)58)61(38-27-29-43-41-18-11-13-23-47(41)59(3,4)49(43)33-38)51-34-54-56(45-20-9-8-19-44(45)51)55-39(21-14-24-53(55)62-54)36-25-30-52-50(31-36)60-57(63-52)35-15-6-5-7-16-35/h5-34H,1-4H3. The molecule has 0 N–H and O–H groups in total. The Morgan fingerprint density at radius 3 is 1.67 bits per heavy atom. The fourth-order valence-corrected chi connectivity index (χ4v) is 11.0. The van der Waals surface area contributed by atoms with E-state index in [0.717, 1.165) is 77.6 Å². The second kappa shape index (κ2) is 12.9. The van der Waals surface area contributed by atoms with E-state index in [-0.39, 0.29) is 10.8 Å². The summed E-state index contributed by atoms with van der Waals surface area (Å²) in [7, 11) is 0. The number of furan rings is 1. The quantitative estimate of drug-likeness (QED) is 0.174. The molecule has 0 spiro atoms. The Bertz CT molecular complexity index is 3590. The molecule has 0 saturated carbocycles. The third-order valence-electron chi connectivity index (χ3n) is 14.1. The summed E-state index contributed by atoms with van der Waals surface area (Å²) in [6, 6.07) is 65.8. The number of anilines is 3. The van der Waals surface area contributed by atoms with Crippen molar-refractivity contribution >= 4 is 60.9 Å². The van der Waals surface area contributed by atoms with Crippen molar-refractivity contribution in [2.24, 2.45) is 0 Å². The molecule has 2 aliphatic rings. The van der Waals surface area contributed by atoms with E-state index in [0.29, 0.717) is 5.89 Å². The van der Waals surface area contributed by atoms with Crippen molar-refractivity contribution in [3.8, 4) is 44.8 Å². The summed E-state index contributed by atoms with van der Waals surface area (Å²) in [6.45, 7) is 9.43. The van der Waals surface area contributed by atoms with Gasteiger partial charge in [-0.2, -0.15) is 0 Å². The van der Waals surface area contributed by atoms with E-state index in [9.17, 15) is 0 Å². The zero-order chi connectivity index (χ0) is 42.2. The molecule has 2 heterocycles. The number of hydrogen-bond acceptors (Lipinski definition) is 4. The van der Waals surface area contributed by atoms with Gasteiger partial charge in [0.05, 0.1) is 5.69 Å². The summed E-state index contributed by atoms with van der Waals surface area (Å²) in [5.74, 6) is 0.616. The van der Waals surface area contributed by atoms with Gasteiger partial charge in [0.2, 0.25) is 5.89 Å².